The van der Waals surface area contributed by atoms with E-state index >= 15 is 0 Å². The van der Waals surface area contributed by atoms with Gasteiger partial charge in [-0.2, -0.15) is 0 Å². The number of rotatable bonds is 1. The van der Waals surface area contributed by atoms with Gasteiger partial charge >= 0.3 is 0 Å². The second kappa shape index (κ2) is 2.89. The standard InChI is InChI=1S/C11H13NO2/c1-7-9(5-12-7)8-2-3-10-11(4-8)14-6-13-10/h2-4,7,9,12H,5-6H2,1H3. The Labute approximate surface area is 83.0 Å². The molecule has 1 aromatic rings. The lowest BCUT2D eigenvalue weighted by molar-refractivity contribution is 0.174. The number of ether oxygens (including phenoxy) is 2. The molecule has 0 saturated carbocycles. The summed E-state index contributed by atoms with van der Waals surface area (Å²) in [7, 11) is 0. The normalized spacial score (nSPS) is 28.6. The lowest BCUT2D eigenvalue weighted by Gasteiger charge is -2.35. The largest absolute Gasteiger partial charge is 0.454 e. The molecule has 0 radical (unpaired) electrons. The van der Waals surface area contributed by atoms with Crippen LogP contribution in [0.3, 0.4) is 0 Å². The zero-order chi connectivity index (χ0) is 9.54. The van der Waals surface area contributed by atoms with Crippen LogP contribution in [-0.4, -0.2) is 19.4 Å². The molecular formula is C11H13NO2. The molecule has 2 atom stereocenters. The predicted molar refractivity (Wildman–Crippen MR) is 52.8 cm³/mol. The Balaban J connectivity index is 1.92. The predicted octanol–water partition coefficient (Wildman–Crippen LogP) is 1.49. The molecule has 2 heterocycles. The van der Waals surface area contributed by atoms with Crippen LogP contribution in [0.15, 0.2) is 18.2 Å². The zero-order valence-electron chi connectivity index (χ0n) is 8.12. The van der Waals surface area contributed by atoms with E-state index in [1.165, 1.54) is 5.56 Å². The fourth-order valence-electron chi connectivity index (χ4n) is 2.02. The van der Waals surface area contributed by atoms with E-state index in [1.807, 2.05) is 6.07 Å². The maximum Gasteiger partial charge on any atom is 0.231 e. The Morgan fingerprint density at radius 1 is 1.29 bits per heavy atom. The Kier molecular flexibility index (Phi) is 1.67. The van der Waals surface area contributed by atoms with Crippen LogP contribution in [0.1, 0.15) is 18.4 Å². The molecule has 2 unspecified atom stereocenters. The molecule has 3 heteroatoms. The Hall–Kier alpha value is -1.22. The molecule has 1 aromatic carbocycles. The molecule has 0 aliphatic carbocycles. The monoisotopic (exact) mass is 191 g/mol. The summed E-state index contributed by atoms with van der Waals surface area (Å²) in [6, 6.07) is 6.82. The van der Waals surface area contributed by atoms with Crippen LogP contribution in [0.4, 0.5) is 0 Å². The molecule has 2 aliphatic rings. The summed E-state index contributed by atoms with van der Waals surface area (Å²) < 4.78 is 10.6. The van der Waals surface area contributed by atoms with Crippen molar-refractivity contribution in [2.24, 2.45) is 0 Å². The summed E-state index contributed by atoms with van der Waals surface area (Å²) >= 11 is 0. The van der Waals surface area contributed by atoms with Gasteiger partial charge in [-0.1, -0.05) is 6.07 Å². The fourth-order valence-corrected chi connectivity index (χ4v) is 2.02. The molecule has 0 bridgehead atoms. The van der Waals surface area contributed by atoms with Crippen LogP contribution in [-0.2, 0) is 0 Å². The van der Waals surface area contributed by atoms with Crippen LogP contribution >= 0.6 is 0 Å². The van der Waals surface area contributed by atoms with Crippen LogP contribution in [0, 0.1) is 0 Å². The third-order valence-electron chi connectivity index (χ3n) is 3.09. The van der Waals surface area contributed by atoms with Crippen LogP contribution < -0.4 is 14.8 Å². The van der Waals surface area contributed by atoms with Crippen molar-refractivity contribution < 1.29 is 9.47 Å². The SMILES string of the molecule is CC1NCC1c1ccc2c(c1)OCO2. The summed E-state index contributed by atoms with van der Waals surface area (Å²) in [6.07, 6.45) is 0. The molecule has 0 amide bonds. The molecule has 74 valence electrons. The zero-order valence-corrected chi connectivity index (χ0v) is 8.12. The van der Waals surface area contributed by atoms with Crippen molar-refractivity contribution in [3.8, 4) is 11.5 Å². The topological polar surface area (TPSA) is 30.5 Å². The molecule has 0 aromatic heterocycles. The highest BCUT2D eigenvalue weighted by Gasteiger charge is 2.28. The first-order chi connectivity index (χ1) is 6.84. The Morgan fingerprint density at radius 2 is 2.14 bits per heavy atom. The van der Waals surface area contributed by atoms with Gasteiger partial charge in [0.2, 0.25) is 6.79 Å². The minimum Gasteiger partial charge on any atom is -0.454 e. The highest BCUT2D eigenvalue weighted by Crippen LogP contribution is 2.36. The number of hydrogen-bond donors (Lipinski definition) is 1. The van der Waals surface area contributed by atoms with Gasteiger partial charge < -0.3 is 14.8 Å². The minimum absolute atomic E-state index is 0.358. The van der Waals surface area contributed by atoms with E-state index in [1.54, 1.807) is 0 Å². The quantitative estimate of drug-likeness (QED) is 0.729. The molecule has 1 saturated heterocycles. The number of fused-ring (bicyclic) bond motifs is 1. The first-order valence-electron chi connectivity index (χ1n) is 4.97. The van der Waals surface area contributed by atoms with E-state index in [-0.39, 0.29) is 0 Å². The summed E-state index contributed by atoms with van der Waals surface area (Å²) in [4.78, 5) is 0. The summed E-state index contributed by atoms with van der Waals surface area (Å²) in [5, 5.41) is 3.35. The maximum absolute atomic E-state index is 5.35. The average molecular weight is 191 g/mol. The van der Waals surface area contributed by atoms with E-state index in [0.29, 0.717) is 18.8 Å². The minimum atomic E-state index is 0.358. The van der Waals surface area contributed by atoms with Crippen molar-refractivity contribution in [2.45, 2.75) is 18.9 Å². The Morgan fingerprint density at radius 3 is 2.86 bits per heavy atom. The molecular weight excluding hydrogens is 178 g/mol. The molecule has 14 heavy (non-hydrogen) atoms. The van der Waals surface area contributed by atoms with Gasteiger partial charge in [0.05, 0.1) is 0 Å². The van der Waals surface area contributed by atoms with Gasteiger partial charge in [0.15, 0.2) is 11.5 Å². The van der Waals surface area contributed by atoms with Gasteiger partial charge in [-0.15, -0.1) is 0 Å². The van der Waals surface area contributed by atoms with Crippen molar-refractivity contribution in [2.75, 3.05) is 13.3 Å². The third-order valence-corrected chi connectivity index (χ3v) is 3.09. The summed E-state index contributed by atoms with van der Waals surface area (Å²) in [6.45, 7) is 3.64. The first kappa shape index (κ1) is 8.12. The van der Waals surface area contributed by atoms with Crippen molar-refractivity contribution in [3.63, 3.8) is 0 Å². The number of nitrogens with one attached hydrogen (secondary N) is 1. The number of hydrogen-bond acceptors (Lipinski definition) is 3. The van der Waals surface area contributed by atoms with Crippen molar-refractivity contribution in [3.05, 3.63) is 23.8 Å². The van der Waals surface area contributed by atoms with E-state index < -0.39 is 0 Å². The van der Waals surface area contributed by atoms with E-state index in [9.17, 15) is 0 Å². The molecule has 3 nitrogen and oxygen atoms in total. The van der Waals surface area contributed by atoms with Gasteiger partial charge in [-0.05, 0) is 24.6 Å². The highest BCUT2D eigenvalue weighted by molar-refractivity contribution is 5.46. The van der Waals surface area contributed by atoms with Gasteiger partial charge in [0.1, 0.15) is 0 Å². The van der Waals surface area contributed by atoms with Gasteiger partial charge in [0.25, 0.3) is 0 Å². The van der Waals surface area contributed by atoms with Crippen LogP contribution in [0.25, 0.3) is 0 Å². The summed E-state index contributed by atoms with van der Waals surface area (Å²) in [5.41, 5.74) is 1.35. The van der Waals surface area contributed by atoms with Crippen LogP contribution in [0.2, 0.25) is 0 Å². The lowest BCUT2D eigenvalue weighted by Crippen LogP contribution is -2.48. The average Bonchev–Trinajstić information content (AvgIpc) is 2.62. The van der Waals surface area contributed by atoms with E-state index in [4.69, 9.17) is 9.47 Å². The first-order valence-corrected chi connectivity index (χ1v) is 4.97. The van der Waals surface area contributed by atoms with Gasteiger partial charge in [-0.3, -0.25) is 0 Å². The lowest BCUT2D eigenvalue weighted by atomic mass is 9.86. The molecule has 3 rings (SSSR count). The fraction of sp³-hybridized carbons (Fsp3) is 0.455. The summed E-state index contributed by atoms with van der Waals surface area (Å²) in [5.74, 6) is 2.39. The van der Waals surface area contributed by atoms with E-state index in [2.05, 4.69) is 24.4 Å². The van der Waals surface area contributed by atoms with Crippen molar-refractivity contribution in [1.82, 2.24) is 5.32 Å². The van der Waals surface area contributed by atoms with Crippen molar-refractivity contribution >= 4 is 0 Å². The number of benzene rings is 1. The van der Waals surface area contributed by atoms with Gasteiger partial charge in [-0.25, -0.2) is 0 Å². The highest BCUT2D eigenvalue weighted by atomic mass is 16.7. The van der Waals surface area contributed by atoms with E-state index in [0.717, 1.165) is 18.0 Å². The Bertz CT molecular complexity index is 364. The second-order valence-electron chi connectivity index (χ2n) is 3.92. The third kappa shape index (κ3) is 1.09. The smallest absolute Gasteiger partial charge is 0.231 e. The molecule has 0 spiro atoms. The molecule has 1 fully saturated rings. The molecule has 1 N–H and O–H groups in total. The van der Waals surface area contributed by atoms with Crippen LogP contribution in [0.5, 0.6) is 11.5 Å². The molecule has 2 aliphatic heterocycles. The maximum atomic E-state index is 5.35. The van der Waals surface area contributed by atoms with Crippen molar-refractivity contribution in [1.29, 1.82) is 0 Å². The second-order valence-corrected chi connectivity index (χ2v) is 3.92. The van der Waals surface area contributed by atoms with Gasteiger partial charge in [0, 0.05) is 18.5 Å².